The summed E-state index contributed by atoms with van der Waals surface area (Å²) in [6.45, 7) is 5.08. The third-order valence-electron chi connectivity index (χ3n) is 5.63. The molecule has 7 nitrogen and oxygen atoms in total. The van der Waals surface area contributed by atoms with Crippen LogP contribution in [0.3, 0.4) is 0 Å². The molecular weight excluding hydrogens is 531 g/mol. The van der Waals surface area contributed by atoms with Gasteiger partial charge in [0.2, 0.25) is 21.8 Å². The van der Waals surface area contributed by atoms with E-state index in [0.29, 0.717) is 28.9 Å². The summed E-state index contributed by atoms with van der Waals surface area (Å²) in [4.78, 5) is 27.7. The Kier molecular flexibility index (Phi) is 10.4. The zero-order valence-corrected chi connectivity index (χ0v) is 22.7. The van der Waals surface area contributed by atoms with Crippen LogP contribution >= 0.6 is 11.6 Å². The van der Waals surface area contributed by atoms with Gasteiger partial charge in [-0.05, 0) is 43.5 Å². The minimum atomic E-state index is -4.83. The predicted molar refractivity (Wildman–Crippen MR) is 138 cm³/mol. The van der Waals surface area contributed by atoms with Gasteiger partial charge in [0.1, 0.15) is 12.6 Å². The number of nitrogens with zero attached hydrogens (tertiary/aromatic N) is 2. The van der Waals surface area contributed by atoms with Crippen molar-refractivity contribution in [2.75, 3.05) is 23.7 Å². The average Bonchev–Trinajstić information content (AvgIpc) is 2.81. The van der Waals surface area contributed by atoms with Crippen molar-refractivity contribution in [3.8, 4) is 0 Å². The fourth-order valence-electron chi connectivity index (χ4n) is 3.68. The maximum Gasteiger partial charge on any atom is 0.417 e. The van der Waals surface area contributed by atoms with Crippen LogP contribution in [-0.4, -0.2) is 50.5 Å². The molecule has 0 aliphatic carbocycles. The molecule has 1 unspecified atom stereocenters. The first kappa shape index (κ1) is 30.4. The molecule has 0 saturated heterocycles. The van der Waals surface area contributed by atoms with Gasteiger partial charge in [-0.2, -0.15) is 13.2 Å². The quantitative estimate of drug-likeness (QED) is 0.428. The molecule has 0 spiro atoms. The summed E-state index contributed by atoms with van der Waals surface area (Å²) in [7, 11) is -4.19. The number of rotatable bonds is 11. The summed E-state index contributed by atoms with van der Waals surface area (Å²) in [5, 5.41) is 2.15. The van der Waals surface area contributed by atoms with Crippen molar-refractivity contribution in [2.24, 2.45) is 0 Å². The van der Waals surface area contributed by atoms with Crippen molar-refractivity contribution in [1.82, 2.24) is 10.2 Å². The highest BCUT2D eigenvalue weighted by atomic mass is 35.5. The predicted octanol–water partition coefficient (Wildman–Crippen LogP) is 4.77. The van der Waals surface area contributed by atoms with E-state index >= 15 is 0 Å². The highest BCUT2D eigenvalue weighted by molar-refractivity contribution is 7.92. The highest BCUT2D eigenvalue weighted by Crippen LogP contribution is 2.37. The van der Waals surface area contributed by atoms with Crippen molar-refractivity contribution >= 4 is 39.1 Å². The Morgan fingerprint density at radius 1 is 1.08 bits per heavy atom. The second-order valence-electron chi connectivity index (χ2n) is 8.65. The number of anilines is 1. The normalized spacial score (nSPS) is 12.6. The first-order chi connectivity index (χ1) is 17.2. The minimum absolute atomic E-state index is 0.00316. The van der Waals surface area contributed by atoms with Crippen LogP contribution in [0.15, 0.2) is 42.5 Å². The van der Waals surface area contributed by atoms with Gasteiger partial charge in [-0.25, -0.2) is 8.42 Å². The number of nitrogens with one attached hydrogen (secondary N) is 1. The van der Waals surface area contributed by atoms with Gasteiger partial charge in [-0.3, -0.25) is 13.9 Å². The maximum absolute atomic E-state index is 13.6. The molecule has 37 heavy (non-hydrogen) atoms. The second-order valence-corrected chi connectivity index (χ2v) is 11.0. The summed E-state index contributed by atoms with van der Waals surface area (Å²) >= 11 is 5.69. The molecule has 0 aliphatic heterocycles. The lowest BCUT2D eigenvalue weighted by Crippen LogP contribution is -2.52. The van der Waals surface area contributed by atoms with Gasteiger partial charge in [-0.15, -0.1) is 0 Å². The molecule has 12 heteroatoms. The van der Waals surface area contributed by atoms with E-state index in [0.717, 1.165) is 24.0 Å². The Morgan fingerprint density at radius 2 is 1.70 bits per heavy atom. The number of carbonyl (C=O) groups is 2. The molecule has 0 aromatic heterocycles. The van der Waals surface area contributed by atoms with E-state index in [-0.39, 0.29) is 18.7 Å². The van der Waals surface area contributed by atoms with Gasteiger partial charge >= 0.3 is 6.18 Å². The average molecular weight is 562 g/mol. The van der Waals surface area contributed by atoms with E-state index in [1.54, 1.807) is 19.1 Å². The maximum atomic E-state index is 13.6. The molecular formula is C25H31ClF3N3O4S. The van der Waals surface area contributed by atoms with Gasteiger partial charge in [0.25, 0.3) is 0 Å². The number of amides is 2. The van der Waals surface area contributed by atoms with Crippen LogP contribution in [0.2, 0.25) is 5.02 Å². The smallest absolute Gasteiger partial charge is 0.354 e. The topological polar surface area (TPSA) is 86.8 Å². The zero-order chi connectivity index (χ0) is 28.0. The Labute approximate surface area is 220 Å². The van der Waals surface area contributed by atoms with Crippen LogP contribution < -0.4 is 9.62 Å². The van der Waals surface area contributed by atoms with Crippen LogP contribution in [0.25, 0.3) is 0 Å². The molecule has 2 aromatic carbocycles. The molecule has 2 rings (SSSR count). The van der Waals surface area contributed by atoms with Crippen molar-refractivity contribution in [3.05, 3.63) is 64.2 Å². The molecule has 0 heterocycles. The lowest BCUT2D eigenvalue weighted by atomic mass is 10.1. The van der Waals surface area contributed by atoms with E-state index in [1.807, 2.05) is 26.0 Å². The summed E-state index contributed by atoms with van der Waals surface area (Å²) in [6, 6.07) is 8.95. The van der Waals surface area contributed by atoms with Gasteiger partial charge in [0, 0.05) is 13.1 Å². The van der Waals surface area contributed by atoms with Crippen LogP contribution in [0.4, 0.5) is 18.9 Å². The highest BCUT2D eigenvalue weighted by Gasteiger charge is 2.36. The van der Waals surface area contributed by atoms with Crippen LogP contribution in [0, 0.1) is 6.92 Å². The lowest BCUT2D eigenvalue weighted by molar-refractivity contribution is -0.140. The molecule has 1 N–H and O–H groups in total. The van der Waals surface area contributed by atoms with E-state index in [1.165, 1.54) is 4.90 Å². The van der Waals surface area contributed by atoms with Crippen molar-refractivity contribution in [2.45, 2.75) is 52.4 Å². The SMILES string of the molecule is CCCNC(=O)C(CC)N(Cc1ccc(C)cc1)C(=O)CN(c1ccc(Cl)c(C(F)(F)F)c1)S(C)(=O)=O. The van der Waals surface area contributed by atoms with Crippen molar-refractivity contribution in [3.63, 3.8) is 0 Å². The zero-order valence-electron chi connectivity index (χ0n) is 21.1. The minimum Gasteiger partial charge on any atom is -0.354 e. The molecule has 204 valence electrons. The molecule has 2 aromatic rings. The Morgan fingerprint density at radius 3 is 2.22 bits per heavy atom. The molecule has 0 aliphatic rings. The van der Waals surface area contributed by atoms with E-state index < -0.39 is 51.2 Å². The molecule has 0 fully saturated rings. The van der Waals surface area contributed by atoms with Gasteiger partial charge in [-0.1, -0.05) is 55.3 Å². The number of aryl methyl sites for hydroxylation is 1. The molecule has 0 bridgehead atoms. The number of hydrogen-bond donors (Lipinski definition) is 1. The summed E-state index contributed by atoms with van der Waals surface area (Å²) < 4.78 is 66.1. The molecule has 1 atom stereocenters. The third-order valence-corrected chi connectivity index (χ3v) is 7.10. The largest absolute Gasteiger partial charge is 0.417 e. The summed E-state index contributed by atoms with van der Waals surface area (Å²) in [5.74, 6) is -1.14. The fraction of sp³-hybridized carbons (Fsp3) is 0.440. The van der Waals surface area contributed by atoms with E-state index in [2.05, 4.69) is 5.32 Å². The number of alkyl halides is 3. The monoisotopic (exact) mass is 561 g/mol. The van der Waals surface area contributed by atoms with Crippen LogP contribution in [0.1, 0.15) is 43.4 Å². The molecule has 0 saturated carbocycles. The first-order valence-electron chi connectivity index (χ1n) is 11.7. The van der Waals surface area contributed by atoms with Gasteiger partial charge in [0.15, 0.2) is 0 Å². The number of hydrogen-bond acceptors (Lipinski definition) is 4. The van der Waals surface area contributed by atoms with Crippen LogP contribution in [0.5, 0.6) is 0 Å². The molecule has 0 radical (unpaired) electrons. The Balaban J connectivity index is 2.50. The summed E-state index contributed by atoms with van der Waals surface area (Å²) in [6.07, 6.45) is -3.13. The van der Waals surface area contributed by atoms with E-state index in [4.69, 9.17) is 11.6 Å². The lowest BCUT2D eigenvalue weighted by Gasteiger charge is -2.33. The molecule has 2 amide bonds. The fourth-order valence-corrected chi connectivity index (χ4v) is 4.74. The van der Waals surface area contributed by atoms with Crippen molar-refractivity contribution in [1.29, 1.82) is 0 Å². The summed E-state index contributed by atoms with van der Waals surface area (Å²) in [5.41, 5.74) is 0.0965. The number of carbonyl (C=O) groups excluding carboxylic acids is 2. The van der Waals surface area contributed by atoms with Crippen molar-refractivity contribution < 1.29 is 31.2 Å². The van der Waals surface area contributed by atoms with E-state index in [9.17, 15) is 31.2 Å². The Bertz CT molecular complexity index is 1200. The Hall–Kier alpha value is -2.79. The standard InChI is InChI=1S/C25H31ClF3N3O4S/c1-5-13-30-24(34)22(6-2)31(15-18-9-7-17(3)8-10-18)23(33)16-32(37(4,35)36)19-11-12-21(26)20(14-19)25(27,28)29/h7-12,14,22H,5-6,13,15-16H2,1-4H3,(H,30,34). The number of halogens is 4. The second kappa shape index (κ2) is 12.6. The van der Waals surface area contributed by atoms with Gasteiger partial charge in [0.05, 0.1) is 22.5 Å². The van der Waals surface area contributed by atoms with Gasteiger partial charge < -0.3 is 10.2 Å². The first-order valence-corrected chi connectivity index (χ1v) is 13.9. The number of sulfonamides is 1. The van der Waals surface area contributed by atoms with Crippen LogP contribution in [-0.2, 0) is 32.3 Å². The third kappa shape index (κ3) is 8.36. The number of benzene rings is 2.